The number of benzene rings is 1. The Morgan fingerprint density at radius 2 is 1.88 bits per heavy atom. The van der Waals surface area contributed by atoms with E-state index in [0.29, 0.717) is 16.9 Å². The molecule has 1 N–H and O–H groups in total. The summed E-state index contributed by atoms with van der Waals surface area (Å²) in [6.07, 6.45) is -3.04. The fourth-order valence-corrected chi connectivity index (χ4v) is 2.12. The Morgan fingerprint density at radius 3 is 2.60 bits per heavy atom. The van der Waals surface area contributed by atoms with Crippen molar-refractivity contribution in [1.29, 1.82) is 0 Å². The number of carbonyl (C=O) groups excluding carboxylic acids is 1. The van der Waals surface area contributed by atoms with Crippen LogP contribution in [0.5, 0.6) is 11.6 Å². The number of hydrogen-bond acceptors (Lipinski definition) is 4. The van der Waals surface area contributed by atoms with E-state index in [2.05, 4.69) is 15.0 Å². The van der Waals surface area contributed by atoms with Crippen LogP contribution < -0.4 is 14.8 Å². The topological polar surface area (TPSA) is 60.5 Å². The molecule has 0 aliphatic rings. The Labute approximate surface area is 142 Å². The van der Waals surface area contributed by atoms with Gasteiger partial charge in [0.15, 0.2) is 6.61 Å². The van der Waals surface area contributed by atoms with E-state index in [0.717, 1.165) is 0 Å². The molecule has 0 fully saturated rings. The Morgan fingerprint density at radius 1 is 1.16 bits per heavy atom. The molecule has 0 aliphatic carbocycles. The van der Waals surface area contributed by atoms with Crippen LogP contribution in [0.2, 0.25) is 0 Å². The van der Waals surface area contributed by atoms with Crippen molar-refractivity contribution in [1.82, 2.24) is 10.3 Å². The number of para-hydroxylation sites is 1. The van der Waals surface area contributed by atoms with Gasteiger partial charge < -0.3 is 14.8 Å². The zero-order valence-corrected chi connectivity index (χ0v) is 13.5. The molecule has 0 radical (unpaired) electrons. The predicted octanol–water partition coefficient (Wildman–Crippen LogP) is 2.89. The van der Waals surface area contributed by atoms with Gasteiger partial charge in [-0.05, 0) is 12.1 Å². The average molecular weight is 354 g/mol. The van der Waals surface area contributed by atoms with E-state index in [9.17, 15) is 18.0 Å². The summed E-state index contributed by atoms with van der Waals surface area (Å²) in [5.41, 5.74) is 1.07. The molecule has 2 aromatic rings. The quantitative estimate of drug-likeness (QED) is 0.831. The van der Waals surface area contributed by atoms with Gasteiger partial charge in [0.05, 0.1) is 13.5 Å². The molecule has 5 nitrogen and oxygen atoms in total. The number of methoxy groups -OCH3 is 1. The first-order valence-electron chi connectivity index (χ1n) is 7.41. The molecule has 134 valence electrons. The zero-order chi connectivity index (χ0) is 18.3. The molecule has 0 saturated heterocycles. The van der Waals surface area contributed by atoms with Crippen LogP contribution in [0.3, 0.4) is 0 Å². The molecule has 0 unspecified atom stereocenters. The van der Waals surface area contributed by atoms with Crippen molar-refractivity contribution in [2.45, 2.75) is 19.1 Å². The molecular formula is C17H17F3N2O3. The maximum absolute atomic E-state index is 12.3. The van der Waals surface area contributed by atoms with Crippen molar-refractivity contribution >= 4 is 5.91 Å². The van der Waals surface area contributed by atoms with Crippen molar-refractivity contribution in [2.24, 2.45) is 0 Å². The second kappa shape index (κ2) is 8.36. The summed E-state index contributed by atoms with van der Waals surface area (Å²) in [6, 6.07) is 10.2. The molecule has 0 aliphatic heterocycles. The second-order valence-electron chi connectivity index (χ2n) is 5.14. The van der Waals surface area contributed by atoms with Crippen LogP contribution >= 0.6 is 0 Å². The number of nitrogens with one attached hydrogen (secondary N) is 1. The van der Waals surface area contributed by atoms with Crippen LogP contribution in [0.1, 0.15) is 11.1 Å². The molecule has 2 rings (SSSR count). The number of nitrogens with zero attached hydrogens (tertiary/aromatic N) is 1. The lowest BCUT2D eigenvalue weighted by Gasteiger charge is -2.13. The maximum Gasteiger partial charge on any atom is 0.422 e. The molecule has 0 spiro atoms. The number of aromatic nitrogens is 1. The lowest BCUT2D eigenvalue weighted by atomic mass is 10.1. The molecule has 1 aromatic heterocycles. The van der Waals surface area contributed by atoms with Crippen molar-refractivity contribution in [2.75, 3.05) is 13.7 Å². The smallest absolute Gasteiger partial charge is 0.422 e. The van der Waals surface area contributed by atoms with E-state index < -0.39 is 12.8 Å². The van der Waals surface area contributed by atoms with Crippen LogP contribution in [0, 0.1) is 0 Å². The molecular weight excluding hydrogens is 337 g/mol. The summed E-state index contributed by atoms with van der Waals surface area (Å²) >= 11 is 0. The van der Waals surface area contributed by atoms with Crippen LogP contribution in [-0.4, -0.2) is 30.8 Å². The third kappa shape index (κ3) is 5.98. The van der Waals surface area contributed by atoms with Crippen molar-refractivity contribution in [3.05, 3.63) is 53.7 Å². The van der Waals surface area contributed by atoms with Crippen molar-refractivity contribution < 1.29 is 27.4 Å². The average Bonchev–Trinajstić information content (AvgIpc) is 2.58. The summed E-state index contributed by atoms with van der Waals surface area (Å²) in [5, 5.41) is 2.64. The molecule has 0 saturated carbocycles. The van der Waals surface area contributed by atoms with Gasteiger partial charge >= 0.3 is 6.18 Å². The Bertz CT molecular complexity index is 720. The van der Waals surface area contributed by atoms with E-state index in [-0.39, 0.29) is 24.8 Å². The van der Waals surface area contributed by atoms with Gasteiger partial charge in [-0.15, -0.1) is 0 Å². The third-order valence-electron chi connectivity index (χ3n) is 3.24. The predicted molar refractivity (Wildman–Crippen MR) is 84.3 cm³/mol. The Hall–Kier alpha value is -2.77. The first-order chi connectivity index (χ1) is 11.9. The van der Waals surface area contributed by atoms with Crippen molar-refractivity contribution in [3.63, 3.8) is 0 Å². The summed E-state index contributed by atoms with van der Waals surface area (Å²) in [7, 11) is 1.51. The van der Waals surface area contributed by atoms with Crippen LogP contribution in [0.25, 0.3) is 0 Å². The van der Waals surface area contributed by atoms with Gasteiger partial charge in [-0.25, -0.2) is 4.98 Å². The fourth-order valence-electron chi connectivity index (χ4n) is 2.12. The van der Waals surface area contributed by atoms with E-state index in [4.69, 9.17) is 4.74 Å². The minimum atomic E-state index is -4.46. The Kier molecular flexibility index (Phi) is 6.21. The van der Waals surface area contributed by atoms with Gasteiger partial charge in [-0.2, -0.15) is 13.2 Å². The van der Waals surface area contributed by atoms with Crippen molar-refractivity contribution in [3.8, 4) is 11.6 Å². The molecule has 0 bridgehead atoms. The highest BCUT2D eigenvalue weighted by Gasteiger charge is 2.29. The monoisotopic (exact) mass is 354 g/mol. The minimum Gasteiger partial charge on any atom is -0.496 e. The first kappa shape index (κ1) is 18.6. The largest absolute Gasteiger partial charge is 0.496 e. The molecule has 1 aromatic carbocycles. The van der Waals surface area contributed by atoms with Gasteiger partial charge in [0, 0.05) is 23.9 Å². The third-order valence-corrected chi connectivity index (χ3v) is 3.24. The lowest BCUT2D eigenvalue weighted by Crippen LogP contribution is -2.26. The van der Waals surface area contributed by atoms with Gasteiger partial charge in [-0.1, -0.05) is 24.3 Å². The maximum atomic E-state index is 12.3. The highest BCUT2D eigenvalue weighted by atomic mass is 19.4. The highest BCUT2D eigenvalue weighted by molar-refractivity contribution is 5.79. The molecule has 0 atom stereocenters. The second-order valence-corrected chi connectivity index (χ2v) is 5.14. The summed E-state index contributed by atoms with van der Waals surface area (Å²) in [4.78, 5) is 15.9. The number of alkyl halides is 3. The Balaban J connectivity index is 1.95. The molecule has 25 heavy (non-hydrogen) atoms. The molecule has 8 heteroatoms. The summed E-state index contributed by atoms with van der Waals surface area (Å²) in [5.74, 6) is 0.140. The number of carbonyl (C=O) groups is 1. The first-order valence-corrected chi connectivity index (χ1v) is 7.41. The number of rotatable bonds is 7. The van der Waals surface area contributed by atoms with Gasteiger partial charge in [-0.3, -0.25) is 4.79 Å². The van der Waals surface area contributed by atoms with Crippen LogP contribution in [0.15, 0.2) is 42.6 Å². The molecule has 1 heterocycles. The summed E-state index contributed by atoms with van der Waals surface area (Å²) in [6.45, 7) is -1.43. The van der Waals surface area contributed by atoms with E-state index in [1.54, 1.807) is 36.4 Å². The van der Waals surface area contributed by atoms with Gasteiger partial charge in [0.2, 0.25) is 11.8 Å². The van der Waals surface area contributed by atoms with E-state index in [1.165, 1.54) is 13.3 Å². The normalized spacial score (nSPS) is 11.0. The highest BCUT2D eigenvalue weighted by Crippen LogP contribution is 2.20. The standard InChI is InChI=1S/C17H17F3N2O3/c1-24-14-7-3-2-5-12(14)9-15(23)22-10-13-6-4-8-21-16(13)25-11-17(18,19)20/h2-8H,9-11H2,1H3,(H,22,23). The number of amides is 1. The van der Waals surface area contributed by atoms with E-state index >= 15 is 0 Å². The fraction of sp³-hybridized carbons (Fsp3) is 0.294. The van der Waals surface area contributed by atoms with Crippen LogP contribution in [0.4, 0.5) is 13.2 Å². The number of pyridine rings is 1. The number of hydrogen-bond donors (Lipinski definition) is 1. The zero-order valence-electron chi connectivity index (χ0n) is 13.5. The number of ether oxygens (including phenoxy) is 2. The van der Waals surface area contributed by atoms with Gasteiger partial charge in [0.25, 0.3) is 0 Å². The number of halogens is 3. The SMILES string of the molecule is COc1ccccc1CC(=O)NCc1cccnc1OCC(F)(F)F. The van der Waals surface area contributed by atoms with E-state index in [1.807, 2.05) is 0 Å². The minimum absolute atomic E-state index is 0.00894. The summed E-state index contributed by atoms with van der Waals surface area (Å²) < 4.78 is 46.7. The van der Waals surface area contributed by atoms with Gasteiger partial charge in [0.1, 0.15) is 5.75 Å². The lowest BCUT2D eigenvalue weighted by molar-refractivity contribution is -0.154. The van der Waals surface area contributed by atoms with Crippen LogP contribution in [-0.2, 0) is 17.8 Å². The molecule has 1 amide bonds.